The fourth-order valence-corrected chi connectivity index (χ4v) is 6.19. The van der Waals surface area contributed by atoms with E-state index in [4.69, 9.17) is 0 Å². The van der Waals surface area contributed by atoms with Crippen molar-refractivity contribution in [3.8, 4) is 10.4 Å². The van der Waals surface area contributed by atoms with Gasteiger partial charge in [-0.2, -0.15) is 13.2 Å². The molecule has 36 heavy (non-hydrogen) atoms. The van der Waals surface area contributed by atoms with Gasteiger partial charge in [0.25, 0.3) is 0 Å². The Morgan fingerprint density at radius 3 is 2.58 bits per heavy atom. The highest BCUT2D eigenvalue weighted by Crippen LogP contribution is 2.51. The van der Waals surface area contributed by atoms with Crippen molar-refractivity contribution in [1.82, 2.24) is 15.0 Å². The first-order chi connectivity index (χ1) is 16.7. The first-order valence-electron chi connectivity index (χ1n) is 11.1. The number of nitrogens with one attached hydrogen (secondary N) is 1. The molecule has 7 nitrogen and oxygen atoms in total. The molecule has 192 valence electrons. The number of benzene rings is 1. The minimum atomic E-state index is -4.63. The van der Waals surface area contributed by atoms with Crippen LogP contribution in [-0.2, 0) is 16.6 Å². The number of hydrogen-bond donors (Lipinski definition) is 3. The molecule has 0 saturated heterocycles. The molecule has 1 fully saturated rings. The van der Waals surface area contributed by atoms with Crippen LogP contribution in [0.5, 0.6) is 0 Å². The smallest absolute Gasteiger partial charge is 0.434 e. The summed E-state index contributed by atoms with van der Waals surface area (Å²) in [6.07, 6.45) is -1.03. The monoisotopic (exact) mass is 584 g/mol. The highest BCUT2D eigenvalue weighted by atomic mass is 79.9. The number of anilines is 2. The number of hydrogen-bond acceptors (Lipinski definition) is 7. The summed E-state index contributed by atoms with van der Waals surface area (Å²) >= 11 is 4.14. The van der Waals surface area contributed by atoms with Crippen molar-refractivity contribution in [3.05, 3.63) is 51.3 Å². The molecule has 3 aromatic rings. The van der Waals surface area contributed by atoms with Gasteiger partial charge in [0, 0.05) is 18.1 Å². The van der Waals surface area contributed by atoms with Gasteiger partial charge in [0.1, 0.15) is 10.6 Å². The summed E-state index contributed by atoms with van der Waals surface area (Å²) in [5, 5.41) is 24.3. The molecule has 0 radical (unpaired) electrons. The van der Waals surface area contributed by atoms with Gasteiger partial charge in [-0.3, -0.25) is 4.79 Å². The second kappa shape index (κ2) is 9.38. The van der Waals surface area contributed by atoms with E-state index in [2.05, 4.69) is 36.2 Å². The van der Waals surface area contributed by atoms with Crippen LogP contribution in [0.15, 0.2) is 35.1 Å². The summed E-state index contributed by atoms with van der Waals surface area (Å²) in [4.78, 5) is 24.4. The number of carboxylic acids is 1. The number of alkyl halides is 3. The van der Waals surface area contributed by atoms with E-state index in [1.54, 1.807) is 18.3 Å². The molecule has 2 atom stereocenters. The fourth-order valence-electron chi connectivity index (χ4n) is 4.75. The average molecular weight is 585 g/mol. The van der Waals surface area contributed by atoms with Crippen LogP contribution < -0.4 is 5.32 Å². The molecule has 0 amide bonds. The Morgan fingerprint density at radius 1 is 1.22 bits per heavy atom. The van der Waals surface area contributed by atoms with Crippen molar-refractivity contribution in [2.24, 2.45) is 11.3 Å². The number of rotatable bonds is 5. The Morgan fingerprint density at radius 2 is 1.94 bits per heavy atom. The standard InChI is InChI=1S/C24H24BrF3N4O3S/c1-12-6-13(8-14(7-12)31-21-30-9-16(25)18(32-21)24(26,27)28)17-10-29-20(36-17)23(35)5-4-15(19(33)34)22(2,3)11-23/h6-10,15,35H,4-5,11H2,1-3H3,(H,33,34)(H,30,31,32)/t15-,23-/m1/s1. The van der Waals surface area contributed by atoms with E-state index in [-0.39, 0.29) is 16.8 Å². The number of aryl methyl sites for hydroxylation is 1. The van der Waals surface area contributed by atoms with Gasteiger partial charge in [0.05, 0.1) is 15.3 Å². The maximum atomic E-state index is 13.2. The highest BCUT2D eigenvalue weighted by molar-refractivity contribution is 9.10. The molecule has 3 N–H and O–H groups in total. The summed E-state index contributed by atoms with van der Waals surface area (Å²) in [6, 6.07) is 5.41. The first-order valence-corrected chi connectivity index (χ1v) is 12.7. The maximum absolute atomic E-state index is 13.2. The predicted molar refractivity (Wildman–Crippen MR) is 133 cm³/mol. The van der Waals surface area contributed by atoms with Crippen molar-refractivity contribution >= 4 is 44.9 Å². The van der Waals surface area contributed by atoms with Gasteiger partial charge < -0.3 is 15.5 Å². The lowest BCUT2D eigenvalue weighted by atomic mass is 9.63. The molecule has 0 aliphatic heterocycles. The minimum Gasteiger partial charge on any atom is -0.481 e. The Bertz CT molecular complexity index is 1310. The van der Waals surface area contributed by atoms with E-state index in [1.165, 1.54) is 11.3 Å². The third kappa shape index (κ3) is 5.40. The van der Waals surface area contributed by atoms with Crippen molar-refractivity contribution in [3.63, 3.8) is 0 Å². The normalized spacial score (nSPS) is 21.8. The van der Waals surface area contributed by atoms with Gasteiger partial charge in [-0.1, -0.05) is 19.9 Å². The van der Waals surface area contributed by atoms with Crippen molar-refractivity contribution in [2.45, 2.75) is 51.8 Å². The van der Waals surface area contributed by atoms with Crippen LogP contribution in [0.25, 0.3) is 10.4 Å². The molecular weight excluding hydrogens is 561 g/mol. The van der Waals surface area contributed by atoms with Gasteiger partial charge in [-0.05, 0) is 70.8 Å². The average Bonchev–Trinajstić information content (AvgIpc) is 3.24. The zero-order valence-electron chi connectivity index (χ0n) is 19.6. The molecule has 2 aromatic heterocycles. The van der Waals surface area contributed by atoms with Gasteiger partial charge in [-0.15, -0.1) is 11.3 Å². The fraction of sp³-hybridized carbons (Fsp3) is 0.417. The van der Waals surface area contributed by atoms with E-state index in [0.29, 0.717) is 23.5 Å². The van der Waals surface area contributed by atoms with Gasteiger partial charge in [0.15, 0.2) is 5.69 Å². The summed E-state index contributed by atoms with van der Waals surface area (Å²) in [6.45, 7) is 5.54. The molecule has 2 heterocycles. The molecule has 12 heteroatoms. The second-order valence-electron chi connectivity index (χ2n) is 9.76. The van der Waals surface area contributed by atoms with Crippen LogP contribution >= 0.6 is 27.3 Å². The zero-order valence-corrected chi connectivity index (χ0v) is 22.1. The number of aliphatic carboxylic acids is 1. The highest BCUT2D eigenvalue weighted by Gasteiger charge is 2.49. The van der Waals surface area contributed by atoms with Gasteiger partial charge >= 0.3 is 12.1 Å². The largest absolute Gasteiger partial charge is 0.481 e. The van der Waals surface area contributed by atoms with E-state index in [9.17, 15) is 28.2 Å². The molecular formula is C24H24BrF3N4O3S. The molecule has 4 rings (SSSR count). The first kappa shape index (κ1) is 26.5. The maximum Gasteiger partial charge on any atom is 0.434 e. The summed E-state index contributed by atoms with van der Waals surface area (Å²) in [5.74, 6) is -1.60. The molecule has 1 aliphatic rings. The van der Waals surface area contributed by atoms with Crippen molar-refractivity contribution < 1.29 is 28.2 Å². The van der Waals surface area contributed by atoms with E-state index in [1.807, 2.05) is 26.8 Å². The Kier molecular flexibility index (Phi) is 6.91. The topological polar surface area (TPSA) is 108 Å². The number of thiazole rings is 1. The van der Waals surface area contributed by atoms with Crippen LogP contribution in [0, 0.1) is 18.3 Å². The number of carboxylic acid groups (broad SMARTS) is 1. The predicted octanol–water partition coefficient (Wildman–Crippen LogP) is 6.53. The van der Waals surface area contributed by atoms with Gasteiger partial charge in [-0.25, -0.2) is 15.0 Å². The molecule has 1 aliphatic carbocycles. The lowest BCUT2D eigenvalue weighted by molar-refractivity contribution is -0.154. The Hall–Kier alpha value is -2.57. The molecule has 0 spiro atoms. The summed E-state index contributed by atoms with van der Waals surface area (Å²) < 4.78 is 39.4. The second-order valence-corrected chi connectivity index (χ2v) is 11.6. The SMILES string of the molecule is Cc1cc(Nc2ncc(Br)c(C(F)(F)F)n2)cc(-c2cnc([C@@]3(O)CC[C@H](C(=O)O)C(C)(C)C3)s2)c1. The van der Waals surface area contributed by atoms with E-state index in [0.717, 1.165) is 22.2 Å². The summed E-state index contributed by atoms with van der Waals surface area (Å²) in [7, 11) is 0. The van der Waals surface area contributed by atoms with Crippen molar-refractivity contribution in [2.75, 3.05) is 5.32 Å². The molecule has 0 bridgehead atoms. The number of nitrogens with zero attached hydrogens (tertiary/aromatic N) is 3. The number of halogens is 4. The number of carbonyl (C=O) groups is 1. The number of aliphatic hydroxyl groups is 1. The number of aromatic nitrogens is 3. The van der Waals surface area contributed by atoms with Gasteiger partial charge in [0.2, 0.25) is 5.95 Å². The van der Waals surface area contributed by atoms with E-state index >= 15 is 0 Å². The summed E-state index contributed by atoms with van der Waals surface area (Å²) in [5.41, 5.74) is -0.810. The molecule has 1 saturated carbocycles. The zero-order chi connectivity index (χ0) is 26.5. The lowest BCUT2D eigenvalue weighted by Gasteiger charge is -2.44. The third-order valence-corrected chi connectivity index (χ3v) is 8.19. The van der Waals surface area contributed by atoms with Crippen LogP contribution in [-0.4, -0.2) is 31.1 Å². The lowest BCUT2D eigenvalue weighted by Crippen LogP contribution is -2.44. The van der Waals surface area contributed by atoms with E-state index < -0.39 is 34.8 Å². The molecule has 1 aromatic carbocycles. The van der Waals surface area contributed by atoms with Crippen LogP contribution in [0.4, 0.5) is 24.8 Å². The van der Waals surface area contributed by atoms with Crippen molar-refractivity contribution in [1.29, 1.82) is 0 Å². The van der Waals surface area contributed by atoms with Crippen LogP contribution in [0.1, 0.15) is 49.4 Å². The minimum absolute atomic E-state index is 0.196. The van der Waals surface area contributed by atoms with Crippen LogP contribution in [0.3, 0.4) is 0 Å². The Balaban J connectivity index is 1.60. The van der Waals surface area contributed by atoms with Crippen LogP contribution in [0.2, 0.25) is 0 Å². The molecule has 0 unspecified atom stereocenters. The quantitative estimate of drug-likeness (QED) is 0.313. The Labute approximate surface area is 218 Å². The third-order valence-electron chi connectivity index (χ3n) is 6.37.